The molecule has 0 aliphatic rings. The van der Waals surface area contributed by atoms with Gasteiger partial charge in [-0.1, -0.05) is 54.1 Å². The molecular formula is C24H22ClNO5. The number of hydrogen-bond acceptors (Lipinski definition) is 5. The SMILES string of the molecule is COCc1ccc(C(=O)OC(C(=O)Nc2ccc(OC)c(Cl)c2)c2ccccc2)cc1. The number of hydrogen-bond donors (Lipinski definition) is 1. The van der Waals surface area contributed by atoms with Crippen molar-refractivity contribution in [3.05, 3.63) is 94.5 Å². The molecule has 0 aliphatic heterocycles. The third-order valence-electron chi connectivity index (χ3n) is 4.49. The predicted molar refractivity (Wildman–Crippen MR) is 118 cm³/mol. The lowest BCUT2D eigenvalue weighted by Crippen LogP contribution is -2.26. The predicted octanol–water partition coefficient (Wildman–Crippen LogP) is 5.03. The minimum atomic E-state index is -1.15. The van der Waals surface area contributed by atoms with Gasteiger partial charge in [0.2, 0.25) is 6.10 Å². The van der Waals surface area contributed by atoms with E-state index < -0.39 is 18.0 Å². The number of ether oxygens (including phenoxy) is 3. The fourth-order valence-corrected chi connectivity index (χ4v) is 3.19. The zero-order valence-corrected chi connectivity index (χ0v) is 17.9. The highest BCUT2D eigenvalue weighted by Crippen LogP contribution is 2.28. The molecule has 3 aromatic carbocycles. The second kappa shape index (κ2) is 10.6. The van der Waals surface area contributed by atoms with Gasteiger partial charge in [-0.05, 0) is 35.9 Å². The topological polar surface area (TPSA) is 73.9 Å². The quantitative estimate of drug-likeness (QED) is 0.498. The maximum Gasteiger partial charge on any atom is 0.339 e. The van der Waals surface area contributed by atoms with E-state index in [1.54, 1.807) is 73.8 Å². The average Bonchev–Trinajstić information content (AvgIpc) is 2.78. The lowest BCUT2D eigenvalue weighted by Gasteiger charge is -2.18. The molecule has 0 saturated carbocycles. The smallest absolute Gasteiger partial charge is 0.339 e. The van der Waals surface area contributed by atoms with Gasteiger partial charge in [-0.2, -0.15) is 0 Å². The molecule has 1 atom stereocenters. The largest absolute Gasteiger partial charge is 0.495 e. The third kappa shape index (κ3) is 5.84. The highest BCUT2D eigenvalue weighted by molar-refractivity contribution is 6.32. The maximum atomic E-state index is 13.0. The van der Waals surface area contributed by atoms with Gasteiger partial charge < -0.3 is 19.5 Å². The Morgan fingerprint density at radius 2 is 1.68 bits per heavy atom. The Morgan fingerprint density at radius 3 is 2.29 bits per heavy atom. The third-order valence-corrected chi connectivity index (χ3v) is 4.78. The monoisotopic (exact) mass is 439 g/mol. The Balaban J connectivity index is 1.80. The van der Waals surface area contributed by atoms with Crippen molar-refractivity contribution in [3.63, 3.8) is 0 Å². The van der Waals surface area contributed by atoms with E-state index >= 15 is 0 Å². The molecular weight excluding hydrogens is 418 g/mol. The first-order valence-electron chi connectivity index (χ1n) is 9.50. The lowest BCUT2D eigenvalue weighted by molar-refractivity contribution is -0.125. The summed E-state index contributed by atoms with van der Waals surface area (Å²) in [5.74, 6) is -0.625. The van der Waals surface area contributed by atoms with E-state index in [1.165, 1.54) is 7.11 Å². The van der Waals surface area contributed by atoms with Crippen molar-refractivity contribution in [2.24, 2.45) is 0 Å². The van der Waals surface area contributed by atoms with Crippen molar-refractivity contribution in [2.45, 2.75) is 12.7 Å². The summed E-state index contributed by atoms with van der Waals surface area (Å²) in [6.07, 6.45) is -1.15. The van der Waals surface area contributed by atoms with Crippen molar-refractivity contribution >= 4 is 29.2 Å². The van der Waals surface area contributed by atoms with Crippen LogP contribution in [0.4, 0.5) is 5.69 Å². The van der Waals surface area contributed by atoms with Crippen molar-refractivity contribution in [1.82, 2.24) is 0 Å². The van der Waals surface area contributed by atoms with Crippen molar-refractivity contribution in [2.75, 3.05) is 19.5 Å². The van der Waals surface area contributed by atoms with Crippen LogP contribution in [-0.2, 0) is 20.9 Å². The second-order valence-corrected chi connectivity index (χ2v) is 7.07. The fourth-order valence-electron chi connectivity index (χ4n) is 2.93. The zero-order chi connectivity index (χ0) is 22.2. The molecule has 0 aliphatic carbocycles. The van der Waals surface area contributed by atoms with Gasteiger partial charge in [0.15, 0.2) is 0 Å². The van der Waals surface area contributed by atoms with Gasteiger partial charge in [0.25, 0.3) is 5.91 Å². The lowest BCUT2D eigenvalue weighted by atomic mass is 10.1. The van der Waals surface area contributed by atoms with Crippen LogP contribution in [0.3, 0.4) is 0 Å². The standard InChI is InChI=1S/C24H22ClNO5/c1-29-15-16-8-10-18(11-9-16)24(28)31-22(17-6-4-3-5-7-17)23(27)26-19-12-13-21(30-2)20(25)14-19/h3-14,22H,15H2,1-2H3,(H,26,27). The summed E-state index contributed by atoms with van der Waals surface area (Å²) < 4.78 is 15.8. The van der Waals surface area contributed by atoms with Gasteiger partial charge in [0.05, 0.1) is 24.3 Å². The number of carbonyl (C=O) groups is 2. The molecule has 1 amide bonds. The molecule has 3 rings (SSSR count). The Hall–Kier alpha value is -3.35. The summed E-state index contributed by atoms with van der Waals surface area (Å²) >= 11 is 6.14. The van der Waals surface area contributed by atoms with Crippen LogP contribution >= 0.6 is 11.6 Å². The zero-order valence-electron chi connectivity index (χ0n) is 17.1. The molecule has 1 unspecified atom stereocenters. The first-order chi connectivity index (χ1) is 15.0. The molecule has 0 heterocycles. The van der Waals surface area contributed by atoms with Gasteiger partial charge in [-0.3, -0.25) is 4.79 Å². The molecule has 0 bridgehead atoms. The van der Waals surface area contributed by atoms with Crippen LogP contribution in [0.5, 0.6) is 5.75 Å². The number of rotatable bonds is 8. The van der Waals surface area contributed by atoms with Crippen molar-refractivity contribution in [1.29, 1.82) is 0 Å². The van der Waals surface area contributed by atoms with E-state index in [0.29, 0.717) is 34.2 Å². The number of carbonyl (C=O) groups excluding carboxylic acids is 2. The molecule has 1 N–H and O–H groups in total. The molecule has 31 heavy (non-hydrogen) atoms. The summed E-state index contributed by atoms with van der Waals surface area (Å²) in [7, 11) is 3.10. The molecule has 7 heteroatoms. The van der Waals surface area contributed by atoms with Gasteiger partial charge >= 0.3 is 5.97 Å². The van der Waals surface area contributed by atoms with Gasteiger partial charge in [-0.25, -0.2) is 4.79 Å². The van der Waals surface area contributed by atoms with Crippen LogP contribution in [0.1, 0.15) is 27.6 Å². The van der Waals surface area contributed by atoms with E-state index in [9.17, 15) is 9.59 Å². The number of nitrogens with one attached hydrogen (secondary N) is 1. The normalized spacial score (nSPS) is 11.5. The number of amides is 1. The molecule has 0 radical (unpaired) electrons. The van der Waals surface area contributed by atoms with Crippen LogP contribution in [-0.4, -0.2) is 26.1 Å². The summed E-state index contributed by atoms with van der Waals surface area (Å²) in [6, 6.07) is 20.5. The Morgan fingerprint density at radius 1 is 0.968 bits per heavy atom. The number of anilines is 1. The van der Waals surface area contributed by atoms with E-state index in [1.807, 2.05) is 6.07 Å². The number of halogens is 1. The maximum absolute atomic E-state index is 13.0. The summed E-state index contributed by atoms with van der Waals surface area (Å²) in [5, 5.41) is 3.09. The number of benzene rings is 3. The first-order valence-corrected chi connectivity index (χ1v) is 9.88. The molecule has 0 saturated heterocycles. The minimum absolute atomic E-state index is 0.334. The number of esters is 1. The van der Waals surface area contributed by atoms with Crippen LogP contribution in [0.15, 0.2) is 72.8 Å². The van der Waals surface area contributed by atoms with Crippen LogP contribution in [0.25, 0.3) is 0 Å². The Kier molecular flexibility index (Phi) is 7.65. The number of methoxy groups -OCH3 is 2. The van der Waals surface area contributed by atoms with E-state index in [4.69, 9.17) is 25.8 Å². The fraction of sp³-hybridized carbons (Fsp3) is 0.167. The van der Waals surface area contributed by atoms with Gasteiger partial charge in [0.1, 0.15) is 5.75 Å². The summed E-state index contributed by atoms with van der Waals surface area (Å²) in [5.41, 5.74) is 2.26. The van der Waals surface area contributed by atoms with Crippen LogP contribution in [0, 0.1) is 0 Å². The first kappa shape index (κ1) is 22.3. The van der Waals surface area contributed by atoms with Gasteiger partial charge in [0, 0.05) is 18.4 Å². The minimum Gasteiger partial charge on any atom is -0.495 e. The average molecular weight is 440 g/mol. The van der Waals surface area contributed by atoms with E-state index in [0.717, 1.165) is 5.56 Å². The molecule has 6 nitrogen and oxygen atoms in total. The summed E-state index contributed by atoms with van der Waals surface area (Å²) in [6.45, 7) is 0.439. The summed E-state index contributed by atoms with van der Waals surface area (Å²) in [4.78, 5) is 25.7. The second-order valence-electron chi connectivity index (χ2n) is 6.66. The Labute approximate surface area is 185 Å². The highest BCUT2D eigenvalue weighted by atomic mass is 35.5. The highest BCUT2D eigenvalue weighted by Gasteiger charge is 2.26. The molecule has 160 valence electrons. The molecule has 3 aromatic rings. The Bertz CT molecular complexity index is 1040. The van der Waals surface area contributed by atoms with E-state index in [-0.39, 0.29) is 0 Å². The van der Waals surface area contributed by atoms with Crippen LogP contribution in [0.2, 0.25) is 5.02 Å². The molecule has 0 fully saturated rings. The molecule has 0 spiro atoms. The van der Waals surface area contributed by atoms with Crippen LogP contribution < -0.4 is 10.1 Å². The van der Waals surface area contributed by atoms with E-state index in [2.05, 4.69) is 5.32 Å². The van der Waals surface area contributed by atoms with Gasteiger partial charge in [-0.15, -0.1) is 0 Å². The van der Waals surface area contributed by atoms with Crippen molar-refractivity contribution in [3.8, 4) is 5.75 Å². The molecule has 0 aromatic heterocycles. The van der Waals surface area contributed by atoms with Crippen molar-refractivity contribution < 1.29 is 23.8 Å².